The normalized spacial score (nSPS) is 28.9. The summed E-state index contributed by atoms with van der Waals surface area (Å²) in [4.78, 5) is 17.5. The van der Waals surface area contributed by atoms with Gasteiger partial charge in [0.2, 0.25) is 5.91 Å². The van der Waals surface area contributed by atoms with Crippen molar-refractivity contribution >= 4 is 5.91 Å². The van der Waals surface area contributed by atoms with E-state index in [1.165, 1.54) is 25.7 Å². The van der Waals surface area contributed by atoms with Crippen LogP contribution in [-0.2, 0) is 9.53 Å². The Hall–Kier alpha value is -0.650. The summed E-state index contributed by atoms with van der Waals surface area (Å²) in [6.07, 6.45) is 5.54. The number of hydrogen-bond acceptors (Lipinski definition) is 4. The van der Waals surface area contributed by atoms with Crippen molar-refractivity contribution in [2.75, 3.05) is 52.5 Å². The van der Waals surface area contributed by atoms with Gasteiger partial charge in [-0.2, -0.15) is 0 Å². The van der Waals surface area contributed by atoms with Crippen LogP contribution in [-0.4, -0.2) is 74.2 Å². The Balaban J connectivity index is 1.48. The number of ether oxygens (including phenoxy) is 1. The molecule has 3 aliphatic rings. The number of morpholine rings is 1. The summed E-state index contributed by atoms with van der Waals surface area (Å²) in [7, 11) is 0. The third-order valence-corrected chi connectivity index (χ3v) is 5.96. The Labute approximate surface area is 140 Å². The third-order valence-electron chi connectivity index (χ3n) is 5.96. The highest BCUT2D eigenvalue weighted by atomic mass is 16.5. The first-order valence-electron chi connectivity index (χ1n) is 9.54. The van der Waals surface area contributed by atoms with Crippen molar-refractivity contribution < 1.29 is 9.53 Å². The molecule has 5 nitrogen and oxygen atoms in total. The molecule has 132 valence electrons. The summed E-state index contributed by atoms with van der Waals surface area (Å²) >= 11 is 0. The average molecular weight is 323 g/mol. The number of likely N-dealkylation sites (tertiary alicyclic amines) is 1. The zero-order valence-electron chi connectivity index (χ0n) is 14.6. The lowest BCUT2D eigenvalue weighted by Gasteiger charge is -2.34. The lowest BCUT2D eigenvalue weighted by atomic mass is 9.84. The van der Waals surface area contributed by atoms with E-state index < -0.39 is 0 Å². The molecular weight excluding hydrogens is 290 g/mol. The van der Waals surface area contributed by atoms with Gasteiger partial charge in [0.15, 0.2) is 0 Å². The highest BCUT2D eigenvalue weighted by Crippen LogP contribution is 2.27. The van der Waals surface area contributed by atoms with Crippen LogP contribution in [0.25, 0.3) is 0 Å². The fourth-order valence-electron chi connectivity index (χ4n) is 4.41. The molecule has 3 saturated heterocycles. The molecule has 3 fully saturated rings. The predicted molar refractivity (Wildman–Crippen MR) is 91.4 cm³/mol. The third kappa shape index (κ3) is 4.68. The van der Waals surface area contributed by atoms with Gasteiger partial charge in [0.1, 0.15) is 0 Å². The molecular formula is C18H33N3O2. The van der Waals surface area contributed by atoms with Gasteiger partial charge < -0.3 is 15.0 Å². The van der Waals surface area contributed by atoms with Crippen molar-refractivity contribution in [2.45, 2.75) is 45.1 Å². The second-order valence-electron chi connectivity index (χ2n) is 7.57. The number of carbonyl (C=O) groups is 1. The van der Waals surface area contributed by atoms with E-state index in [0.717, 1.165) is 64.8 Å². The number of piperidine rings is 1. The zero-order chi connectivity index (χ0) is 16.1. The maximum Gasteiger partial charge on any atom is 0.223 e. The molecule has 2 unspecified atom stereocenters. The van der Waals surface area contributed by atoms with Gasteiger partial charge >= 0.3 is 0 Å². The molecule has 0 bridgehead atoms. The van der Waals surface area contributed by atoms with Gasteiger partial charge in [-0.3, -0.25) is 9.69 Å². The molecule has 0 radical (unpaired) electrons. The first-order valence-corrected chi connectivity index (χ1v) is 9.54. The van der Waals surface area contributed by atoms with Crippen LogP contribution < -0.4 is 5.32 Å². The first kappa shape index (κ1) is 17.2. The SMILES string of the molecule is CC(CC(=O)N1CCCC1CN1CCOCC1)C1CCNCC1. The van der Waals surface area contributed by atoms with E-state index in [0.29, 0.717) is 17.9 Å². The molecule has 3 aliphatic heterocycles. The van der Waals surface area contributed by atoms with Gasteiger partial charge in [-0.25, -0.2) is 0 Å². The Morgan fingerprint density at radius 3 is 2.65 bits per heavy atom. The van der Waals surface area contributed by atoms with Crippen molar-refractivity contribution in [1.82, 2.24) is 15.1 Å². The quantitative estimate of drug-likeness (QED) is 0.829. The minimum atomic E-state index is 0.395. The molecule has 23 heavy (non-hydrogen) atoms. The van der Waals surface area contributed by atoms with Gasteiger partial charge in [-0.05, 0) is 50.6 Å². The molecule has 0 aromatic heterocycles. The second kappa shape index (κ2) is 8.45. The van der Waals surface area contributed by atoms with Crippen LogP contribution in [0.3, 0.4) is 0 Å². The zero-order valence-corrected chi connectivity index (χ0v) is 14.6. The standard InChI is InChI=1S/C18H33N3O2/c1-15(16-4-6-19-7-5-16)13-18(22)21-8-2-3-17(21)14-20-9-11-23-12-10-20/h15-17,19H,2-14H2,1H3. The molecule has 2 atom stereocenters. The number of amides is 1. The van der Waals surface area contributed by atoms with Crippen molar-refractivity contribution in [1.29, 1.82) is 0 Å². The molecule has 0 aliphatic carbocycles. The summed E-state index contributed by atoms with van der Waals surface area (Å²) in [6, 6.07) is 0.431. The van der Waals surface area contributed by atoms with Crippen LogP contribution in [0.5, 0.6) is 0 Å². The van der Waals surface area contributed by atoms with Gasteiger partial charge in [0.05, 0.1) is 13.2 Å². The molecule has 5 heteroatoms. The Morgan fingerprint density at radius 1 is 1.17 bits per heavy atom. The Morgan fingerprint density at radius 2 is 1.91 bits per heavy atom. The second-order valence-corrected chi connectivity index (χ2v) is 7.57. The van der Waals surface area contributed by atoms with Crippen LogP contribution in [0, 0.1) is 11.8 Å². The summed E-state index contributed by atoms with van der Waals surface area (Å²) < 4.78 is 5.43. The molecule has 0 spiro atoms. The Kier molecular flexibility index (Phi) is 6.31. The first-order chi connectivity index (χ1) is 11.2. The largest absolute Gasteiger partial charge is 0.379 e. The summed E-state index contributed by atoms with van der Waals surface area (Å²) in [5.74, 6) is 1.64. The van der Waals surface area contributed by atoms with E-state index in [1.54, 1.807) is 0 Å². The fourth-order valence-corrected chi connectivity index (χ4v) is 4.41. The predicted octanol–water partition coefficient (Wildman–Crippen LogP) is 1.34. The van der Waals surface area contributed by atoms with Crippen LogP contribution in [0.2, 0.25) is 0 Å². The molecule has 1 N–H and O–H groups in total. The minimum absolute atomic E-state index is 0.395. The van der Waals surface area contributed by atoms with E-state index in [2.05, 4.69) is 22.0 Å². The number of nitrogens with zero attached hydrogens (tertiary/aromatic N) is 2. The number of hydrogen-bond donors (Lipinski definition) is 1. The van der Waals surface area contributed by atoms with Gasteiger partial charge in [0.25, 0.3) is 0 Å². The fraction of sp³-hybridized carbons (Fsp3) is 0.944. The topological polar surface area (TPSA) is 44.8 Å². The van der Waals surface area contributed by atoms with E-state index in [-0.39, 0.29) is 0 Å². The van der Waals surface area contributed by atoms with Crippen LogP contribution >= 0.6 is 0 Å². The van der Waals surface area contributed by atoms with E-state index in [4.69, 9.17) is 4.74 Å². The number of carbonyl (C=O) groups excluding carboxylic acids is 1. The van der Waals surface area contributed by atoms with Crippen LogP contribution in [0.1, 0.15) is 39.0 Å². The molecule has 0 saturated carbocycles. The lowest BCUT2D eigenvalue weighted by Crippen LogP contribution is -2.47. The summed E-state index contributed by atoms with van der Waals surface area (Å²) in [5.41, 5.74) is 0. The maximum absolute atomic E-state index is 12.8. The van der Waals surface area contributed by atoms with Crippen molar-refractivity contribution in [3.8, 4) is 0 Å². The van der Waals surface area contributed by atoms with Gasteiger partial charge in [-0.1, -0.05) is 6.92 Å². The van der Waals surface area contributed by atoms with Crippen LogP contribution in [0.4, 0.5) is 0 Å². The molecule has 1 amide bonds. The molecule has 0 aromatic carbocycles. The van der Waals surface area contributed by atoms with Gasteiger partial charge in [-0.15, -0.1) is 0 Å². The average Bonchev–Trinajstić information content (AvgIpc) is 3.05. The smallest absolute Gasteiger partial charge is 0.223 e. The molecule has 0 aromatic rings. The van der Waals surface area contributed by atoms with Crippen molar-refractivity contribution in [3.05, 3.63) is 0 Å². The monoisotopic (exact) mass is 323 g/mol. The highest BCUT2D eigenvalue weighted by Gasteiger charge is 2.32. The van der Waals surface area contributed by atoms with E-state index in [9.17, 15) is 4.79 Å². The molecule has 3 rings (SSSR count). The van der Waals surface area contributed by atoms with Crippen LogP contribution in [0.15, 0.2) is 0 Å². The van der Waals surface area contributed by atoms with Gasteiger partial charge in [0, 0.05) is 38.6 Å². The minimum Gasteiger partial charge on any atom is -0.379 e. The molecule has 3 heterocycles. The van der Waals surface area contributed by atoms with Crippen molar-refractivity contribution in [2.24, 2.45) is 11.8 Å². The van der Waals surface area contributed by atoms with E-state index in [1.807, 2.05) is 0 Å². The van der Waals surface area contributed by atoms with Crippen molar-refractivity contribution in [3.63, 3.8) is 0 Å². The van der Waals surface area contributed by atoms with E-state index >= 15 is 0 Å². The number of nitrogens with one attached hydrogen (secondary N) is 1. The summed E-state index contributed by atoms with van der Waals surface area (Å²) in [5, 5.41) is 3.42. The highest BCUT2D eigenvalue weighted by molar-refractivity contribution is 5.77. The lowest BCUT2D eigenvalue weighted by molar-refractivity contribution is -0.133. The number of rotatable bonds is 5. The Bertz CT molecular complexity index is 378. The summed E-state index contributed by atoms with van der Waals surface area (Å²) in [6.45, 7) is 10.2. The maximum atomic E-state index is 12.8.